The maximum atomic E-state index is 11.7. The molecule has 0 heterocycles. The summed E-state index contributed by atoms with van der Waals surface area (Å²) in [7, 11) is -1.25. The highest BCUT2D eigenvalue weighted by Gasteiger charge is 2.33. The molecule has 0 amide bonds. The fourth-order valence-corrected chi connectivity index (χ4v) is 2.73. The van der Waals surface area contributed by atoms with Gasteiger partial charge in [-0.1, -0.05) is 0 Å². The number of sulfonamides is 1. The van der Waals surface area contributed by atoms with Gasteiger partial charge < -0.3 is 9.47 Å². The van der Waals surface area contributed by atoms with Crippen LogP contribution in [-0.2, 0) is 29.1 Å². The Hall–Kier alpha value is -1.15. The van der Waals surface area contributed by atoms with Crippen LogP contribution in [0.2, 0.25) is 0 Å². The molecule has 0 aromatic heterocycles. The molecule has 106 valence electrons. The second-order valence-electron chi connectivity index (χ2n) is 4.22. The van der Waals surface area contributed by atoms with Gasteiger partial charge in [0, 0.05) is 6.42 Å². The molecule has 0 aliphatic heterocycles. The quantitative estimate of drug-likeness (QED) is 0.649. The second kappa shape index (κ2) is 6.69. The molecule has 0 saturated carbocycles. The number of esters is 2. The normalized spacial score (nSPS) is 12.0. The molecular formula is C10H19NO6S. The maximum absolute atomic E-state index is 11.7. The average Bonchev–Trinajstić information content (AvgIpc) is 2.25. The van der Waals surface area contributed by atoms with Gasteiger partial charge >= 0.3 is 11.9 Å². The Morgan fingerprint density at radius 3 is 2.17 bits per heavy atom. The second-order valence-corrected chi connectivity index (χ2v) is 6.06. The van der Waals surface area contributed by atoms with E-state index in [0.29, 0.717) is 0 Å². The summed E-state index contributed by atoms with van der Waals surface area (Å²) >= 11 is 0. The summed E-state index contributed by atoms with van der Waals surface area (Å²) in [6.07, 6.45) is 0.134. The molecule has 0 unspecified atom stereocenters. The Morgan fingerprint density at radius 2 is 1.72 bits per heavy atom. The molecule has 0 atom stereocenters. The van der Waals surface area contributed by atoms with Crippen molar-refractivity contribution < 1.29 is 27.5 Å². The predicted molar refractivity (Wildman–Crippen MR) is 64.3 cm³/mol. The maximum Gasteiger partial charge on any atom is 0.326 e. The fraction of sp³-hybridized carbons (Fsp3) is 0.800. The molecule has 0 radical (unpaired) electrons. The van der Waals surface area contributed by atoms with Crippen LogP contribution in [0.3, 0.4) is 0 Å². The van der Waals surface area contributed by atoms with Gasteiger partial charge in [-0.3, -0.25) is 9.59 Å². The smallest absolute Gasteiger partial charge is 0.326 e. The van der Waals surface area contributed by atoms with E-state index in [1.165, 1.54) is 28.1 Å². The average molecular weight is 281 g/mol. The molecule has 0 rings (SSSR count). The molecule has 0 fully saturated rings. The van der Waals surface area contributed by atoms with Crippen LogP contribution in [-0.4, -0.2) is 45.9 Å². The summed E-state index contributed by atoms with van der Waals surface area (Å²) in [5, 5.41) is 0. The third kappa shape index (κ3) is 5.97. The molecule has 0 saturated heterocycles. The van der Waals surface area contributed by atoms with E-state index in [2.05, 4.69) is 14.2 Å². The molecule has 1 N–H and O–H groups in total. The minimum absolute atomic E-state index is 0.00998. The van der Waals surface area contributed by atoms with Crippen LogP contribution < -0.4 is 4.72 Å². The lowest BCUT2D eigenvalue weighted by atomic mass is 10.1. The lowest BCUT2D eigenvalue weighted by Gasteiger charge is -2.22. The first-order valence-corrected chi connectivity index (χ1v) is 6.96. The highest BCUT2D eigenvalue weighted by Crippen LogP contribution is 2.08. The van der Waals surface area contributed by atoms with Crippen LogP contribution in [0.1, 0.15) is 26.7 Å². The fourth-order valence-electron chi connectivity index (χ4n) is 1.25. The third-order valence-electron chi connectivity index (χ3n) is 2.13. The van der Waals surface area contributed by atoms with E-state index in [-0.39, 0.29) is 18.6 Å². The minimum atomic E-state index is -3.66. The topological polar surface area (TPSA) is 98.8 Å². The number of hydrogen-bond acceptors (Lipinski definition) is 6. The van der Waals surface area contributed by atoms with Crippen molar-refractivity contribution in [2.45, 2.75) is 32.2 Å². The number of carbonyl (C=O) groups excluding carboxylic acids is 2. The van der Waals surface area contributed by atoms with E-state index in [4.69, 9.17) is 0 Å². The van der Waals surface area contributed by atoms with E-state index in [1.54, 1.807) is 0 Å². The lowest BCUT2D eigenvalue weighted by Crippen LogP contribution is -2.50. The van der Waals surface area contributed by atoms with Gasteiger partial charge in [0.25, 0.3) is 0 Å². The first-order valence-electron chi connectivity index (χ1n) is 5.31. The van der Waals surface area contributed by atoms with Gasteiger partial charge in [0.05, 0.1) is 20.0 Å². The number of carbonyl (C=O) groups is 2. The van der Waals surface area contributed by atoms with Gasteiger partial charge in [0.1, 0.15) is 5.54 Å². The van der Waals surface area contributed by atoms with Crippen molar-refractivity contribution in [3.8, 4) is 0 Å². The molecule has 7 nitrogen and oxygen atoms in total. The Kier molecular flexibility index (Phi) is 6.27. The van der Waals surface area contributed by atoms with Crippen molar-refractivity contribution in [1.82, 2.24) is 4.72 Å². The van der Waals surface area contributed by atoms with Crippen molar-refractivity contribution >= 4 is 22.0 Å². The zero-order valence-electron chi connectivity index (χ0n) is 11.0. The molecule has 0 aliphatic carbocycles. The number of ether oxygens (including phenoxy) is 2. The van der Waals surface area contributed by atoms with Gasteiger partial charge in [-0.05, 0) is 20.3 Å². The Labute approximate surface area is 107 Å². The first kappa shape index (κ1) is 16.9. The number of nitrogens with one attached hydrogen (secondary N) is 1. The molecular weight excluding hydrogens is 262 g/mol. The van der Waals surface area contributed by atoms with Gasteiger partial charge in [0.2, 0.25) is 10.0 Å². The molecule has 0 bridgehead atoms. The highest BCUT2D eigenvalue weighted by molar-refractivity contribution is 7.89. The summed E-state index contributed by atoms with van der Waals surface area (Å²) < 4.78 is 34.4. The monoisotopic (exact) mass is 281 g/mol. The molecule has 0 aromatic rings. The third-order valence-corrected chi connectivity index (χ3v) is 3.78. The van der Waals surface area contributed by atoms with E-state index in [0.717, 1.165) is 0 Å². The molecule has 0 aromatic carbocycles. The van der Waals surface area contributed by atoms with E-state index >= 15 is 0 Å². The van der Waals surface area contributed by atoms with E-state index in [9.17, 15) is 18.0 Å². The van der Waals surface area contributed by atoms with Gasteiger partial charge in [-0.15, -0.1) is 0 Å². The SMILES string of the molecule is COC(=O)CCCS(=O)(=O)NC(C)(C)C(=O)OC. The largest absolute Gasteiger partial charge is 0.469 e. The Morgan fingerprint density at radius 1 is 1.17 bits per heavy atom. The summed E-state index contributed by atoms with van der Waals surface area (Å²) in [6.45, 7) is 2.80. The van der Waals surface area contributed by atoms with Crippen molar-refractivity contribution in [3.05, 3.63) is 0 Å². The zero-order valence-corrected chi connectivity index (χ0v) is 11.8. The van der Waals surface area contributed by atoms with Crippen molar-refractivity contribution in [2.24, 2.45) is 0 Å². The van der Waals surface area contributed by atoms with E-state index < -0.39 is 27.5 Å². The van der Waals surface area contributed by atoms with Crippen molar-refractivity contribution in [1.29, 1.82) is 0 Å². The van der Waals surface area contributed by atoms with Crippen molar-refractivity contribution in [2.75, 3.05) is 20.0 Å². The van der Waals surface area contributed by atoms with Crippen LogP contribution in [0, 0.1) is 0 Å². The zero-order chi connectivity index (χ0) is 14.4. The Bertz CT molecular complexity index is 401. The first-order chi connectivity index (χ1) is 8.14. The minimum Gasteiger partial charge on any atom is -0.469 e. The predicted octanol–water partition coefficient (Wildman–Crippen LogP) is -0.189. The summed E-state index contributed by atoms with van der Waals surface area (Å²) in [4.78, 5) is 22.1. The van der Waals surface area contributed by atoms with Gasteiger partial charge in [-0.2, -0.15) is 4.72 Å². The van der Waals surface area contributed by atoms with E-state index in [1.807, 2.05) is 0 Å². The summed E-state index contributed by atoms with van der Waals surface area (Å²) in [5.41, 5.74) is -1.33. The molecule has 0 spiro atoms. The number of methoxy groups -OCH3 is 2. The van der Waals surface area contributed by atoms with Crippen LogP contribution in [0.5, 0.6) is 0 Å². The van der Waals surface area contributed by atoms with Crippen LogP contribution in [0.4, 0.5) is 0 Å². The van der Waals surface area contributed by atoms with Crippen LogP contribution in [0.25, 0.3) is 0 Å². The van der Waals surface area contributed by atoms with Gasteiger partial charge in [0.15, 0.2) is 0 Å². The Balaban J connectivity index is 4.40. The summed E-state index contributed by atoms with van der Waals surface area (Å²) in [6, 6.07) is 0. The standard InChI is InChI=1S/C10H19NO6S/c1-10(2,9(13)17-4)11-18(14,15)7-5-6-8(12)16-3/h11H,5-7H2,1-4H3. The van der Waals surface area contributed by atoms with Crippen molar-refractivity contribution in [3.63, 3.8) is 0 Å². The molecule has 0 aliphatic rings. The van der Waals surface area contributed by atoms with Crippen LogP contribution >= 0.6 is 0 Å². The molecule has 18 heavy (non-hydrogen) atoms. The number of hydrogen-bond donors (Lipinski definition) is 1. The molecule has 8 heteroatoms. The van der Waals surface area contributed by atoms with Gasteiger partial charge in [-0.25, -0.2) is 8.42 Å². The lowest BCUT2D eigenvalue weighted by molar-refractivity contribution is -0.146. The highest BCUT2D eigenvalue weighted by atomic mass is 32.2. The van der Waals surface area contributed by atoms with Crippen LogP contribution in [0.15, 0.2) is 0 Å². The summed E-state index contributed by atoms with van der Waals surface area (Å²) in [5.74, 6) is -1.42. The number of rotatable bonds is 7.